The van der Waals surface area contributed by atoms with Crippen LogP contribution in [0.1, 0.15) is 35.2 Å². The van der Waals surface area contributed by atoms with Crippen molar-refractivity contribution in [2.75, 3.05) is 0 Å². The first kappa shape index (κ1) is 10.3. The lowest BCUT2D eigenvalue weighted by Crippen LogP contribution is -2.53. The molecule has 2 nitrogen and oxygen atoms in total. The van der Waals surface area contributed by atoms with Crippen molar-refractivity contribution in [2.24, 2.45) is 5.73 Å². The lowest BCUT2D eigenvalue weighted by atomic mass is 9.72. The van der Waals surface area contributed by atoms with E-state index in [1.165, 1.54) is 12.1 Å². The standard InChI is InChI=1S/C12H14FNO/c1-8-5-9(7-10(13)6-8)11(15)12(14)3-2-4-12/h5-7H,2-4,14H2,1H3. The summed E-state index contributed by atoms with van der Waals surface area (Å²) in [5, 5.41) is 0. The first-order chi connectivity index (χ1) is 7.01. The molecule has 0 bridgehead atoms. The molecule has 0 saturated heterocycles. The van der Waals surface area contributed by atoms with E-state index in [1.54, 1.807) is 13.0 Å². The van der Waals surface area contributed by atoms with Crippen LogP contribution < -0.4 is 5.73 Å². The normalized spacial score (nSPS) is 18.3. The molecule has 0 heterocycles. The molecule has 1 aliphatic carbocycles. The van der Waals surface area contributed by atoms with Crippen molar-refractivity contribution >= 4 is 5.78 Å². The largest absolute Gasteiger partial charge is 0.319 e. The van der Waals surface area contributed by atoms with Crippen LogP contribution in [0.2, 0.25) is 0 Å². The van der Waals surface area contributed by atoms with Crippen molar-refractivity contribution in [2.45, 2.75) is 31.7 Å². The van der Waals surface area contributed by atoms with Gasteiger partial charge < -0.3 is 5.73 Å². The van der Waals surface area contributed by atoms with Crippen LogP contribution in [-0.2, 0) is 0 Å². The Morgan fingerprint density at radius 2 is 2.07 bits per heavy atom. The number of aryl methyl sites for hydroxylation is 1. The number of carbonyl (C=O) groups excluding carboxylic acids is 1. The predicted molar refractivity (Wildman–Crippen MR) is 56.2 cm³/mol. The number of rotatable bonds is 2. The molecule has 0 amide bonds. The molecule has 1 aromatic carbocycles. The quantitative estimate of drug-likeness (QED) is 0.755. The van der Waals surface area contributed by atoms with Gasteiger partial charge in [0.2, 0.25) is 0 Å². The highest BCUT2D eigenvalue weighted by molar-refractivity contribution is 6.03. The molecule has 1 aliphatic rings. The third-order valence-electron chi connectivity index (χ3n) is 3.00. The molecule has 3 heteroatoms. The van der Waals surface area contributed by atoms with E-state index >= 15 is 0 Å². The van der Waals surface area contributed by atoms with Gasteiger partial charge >= 0.3 is 0 Å². The van der Waals surface area contributed by atoms with Gasteiger partial charge in [0.25, 0.3) is 0 Å². The highest BCUT2D eigenvalue weighted by atomic mass is 19.1. The molecule has 2 N–H and O–H groups in total. The predicted octanol–water partition coefficient (Wildman–Crippen LogP) is 2.20. The fourth-order valence-corrected chi connectivity index (χ4v) is 1.94. The SMILES string of the molecule is Cc1cc(F)cc(C(=O)C2(N)CCC2)c1. The topological polar surface area (TPSA) is 43.1 Å². The van der Waals surface area contributed by atoms with Crippen molar-refractivity contribution < 1.29 is 9.18 Å². The molecule has 2 rings (SSSR count). The number of ketones is 1. The molecule has 80 valence electrons. The number of carbonyl (C=O) groups is 1. The number of halogens is 1. The summed E-state index contributed by atoms with van der Waals surface area (Å²) in [4.78, 5) is 12.0. The molecule has 0 aliphatic heterocycles. The molecule has 1 fully saturated rings. The Morgan fingerprint density at radius 3 is 2.53 bits per heavy atom. The number of hydrogen-bond acceptors (Lipinski definition) is 2. The highest BCUT2D eigenvalue weighted by Crippen LogP contribution is 2.32. The second-order valence-corrected chi connectivity index (χ2v) is 4.36. The maximum absolute atomic E-state index is 13.1. The van der Waals surface area contributed by atoms with Gasteiger partial charge in [0.1, 0.15) is 5.82 Å². The molecule has 0 atom stereocenters. The molecule has 1 aromatic rings. The van der Waals surface area contributed by atoms with Crippen molar-refractivity contribution in [1.82, 2.24) is 0 Å². The average molecular weight is 207 g/mol. The van der Waals surface area contributed by atoms with Gasteiger partial charge in [0.15, 0.2) is 5.78 Å². The Labute approximate surface area is 88.3 Å². The first-order valence-corrected chi connectivity index (χ1v) is 5.12. The van der Waals surface area contributed by atoms with Gasteiger partial charge in [-0.25, -0.2) is 4.39 Å². The van der Waals surface area contributed by atoms with Gasteiger partial charge in [-0.05, 0) is 49.9 Å². The van der Waals surface area contributed by atoms with Gasteiger partial charge in [-0.3, -0.25) is 4.79 Å². The third kappa shape index (κ3) is 1.79. The van der Waals surface area contributed by atoms with E-state index in [9.17, 15) is 9.18 Å². The van der Waals surface area contributed by atoms with Crippen LogP contribution >= 0.6 is 0 Å². The molecule has 0 spiro atoms. The Balaban J connectivity index is 2.33. The van der Waals surface area contributed by atoms with E-state index in [1.807, 2.05) is 0 Å². The van der Waals surface area contributed by atoms with Crippen LogP contribution in [0.5, 0.6) is 0 Å². The van der Waals surface area contributed by atoms with Gasteiger partial charge in [-0.15, -0.1) is 0 Å². The average Bonchev–Trinajstić information content (AvgIpc) is 2.11. The third-order valence-corrected chi connectivity index (χ3v) is 3.00. The van der Waals surface area contributed by atoms with Crippen LogP contribution in [0.25, 0.3) is 0 Å². The summed E-state index contributed by atoms with van der Waals surface area (Å²) in [6.45, 7) is 1.77. The van der Waals surface area contributed by atoms with Crippen LogP contribution in [0.15, 0.2) is 18.2 Å². The van der Waals surface area contributed by atoms with E-state index in [0.717, 1.165) is 12.0 Å². The van der Waals surface area contributed by atoms with Gasteiger partial charge in [0.05, 0.1) is 5.54 Å². The minimum absolute atomic E-state index is 0.128. The van der Waals surface area contributed by atoms with Gasteiger partial charge in [0, 0.05) is 5.56 Å². The summed E-state index contributed by atoms with van der Waals surface area (Å²) >= 11 is 0. The Kier molecular flexibility index (Phi) is 2.35. The van der Waals surface area contributed by atoms with Crippen LogP contribution in [-0.4, -0.2) is 11.3 Å². The summed E-state index contributed by atoms with van der Waals surface area (Å²) in [5.74, 6) is -0.502. The van der Waals surface area contributed by atoms with E-state index in [-0.39, 0.29) is 11.6 Å². The van der Waals surface area contributed by atoms with Crippen LogP contribution in [0, 0.1) is 12.7 Å². The van der Waals surface area contributed by atoms with E-state index < -0.39 is 5.54 Å². The highest BCUT2D eigenvalue weighted by Gasteiger charge is 2.40. The van der Waals surface area contributed by atoms with Crippen molar-refractivity contribution in [3.8, 4) is 0 Å². The van der Waals surface area contributed by atoms with Crippen molar-refractivity contribution in [3.05, 3.63) is 35.1 Å². The zero-order valence-electron chi connectivity index (χ0n) is 8.72. The molecule has 0 radical (unpaired) electrons. The summed E-state index contributed by atoms with van der Waals surface area (Å²) in [6, 6.07) is 4.36. The summed E-state index contributed by atoms with van der Waals surface area (Å²) < 4.78 is 13.1. The van der Waals surface area contributed by atoms with Crippen molar-refractivity contribution in [3.63, 3.8) is 0 Å². The first-order valence-electron chi connectivity index (χ1n) is 5.12. The minimum atomic E-state index is -0.736. The van der Waals surface area contributed by atoms with Crippen molar-refractivity contribution in [1.29, 1.82) is 0 Å². The minimum Gasteiger partial charge on any atom is -0.319 e. The fourth-order valence-electron chi connectivity index (χ4n) is 1.94. The van der Waals surface area contributed by atoms with Crippen LogP contribution in [0.3, 0.4) is 0 Å². The Morgan fingerprint density at radius 1 is 1.40 bits per heavy atom. The van der Waals surface area contributed by atoms with E-state index in [0.29, 0.717) is 18.4 Å². The number of hydrogen-bond donors (Lipinski definition) is 1. The Hall–Kier alpha value is -1.22. The molecule has 0 unspecified atom stereocenters. The zero-order valence-corrected chi connectivity index (χ0v) is 8.72. The van der Waals surface area contributed by atoms with Gasteiger partial charge in [-0.1, -0.05) is 0 Å². The molecule has 0 aromatic heterocycles. The van der Waals surface area contributed by atoms with Crippen LogP contribution in [0.4, 0.5) is 4.39 Å². The lowest BCUT2D eigenvalue weighted by molar-refractivity contribution is 0.0800. The van der Waals surface area contributed by atoms with Gasteiger partial charge in [-0.2, -0.15) is 0 Å². The summed E-state index contributed by atoms with van der Waals surface area (Å²) in [7, 11) is 0. The monoisotopic (exact) mass is 207 g/mol. The maximum Gasteiger partial charge on any atom is 0.182 e. The van der Waals surface area contributed by atoms with E-state index in [2.05, 4.69) is 0 Å². The number of nitrogens with two attached hydrogens (primary N) is 1. The maximum atomic E-state index is 13.1. The fraction of sp³-hybridized carbons (Fsp3) is 0.417. The lowest BCUT2D eigenvalue weighted by Gasteiger charge is -2.36. The number of Topliss-reactive ketones (excluding diaryl/α,β-unsaturated/α-hetero) is 1. The summed E-state index contributed by atoms with van der Waals surface area (Å²) in [5.41, 5.74) is 6.32. The summed E-state index contributed by atoms with van der Waals surface area (Å²) in [6.07, 6.45) is 2.40. The smallest absolute Gasteiger partial charge is 0.182 e. The second-order valence-electron chi connectivity index (χ2n) is 4.36. The molecule has 1 saturated carbocycles. The second kappa shape index (κ2) is 3.42. The Bertz CT molecular complexity index is 390. The molecule has 15 heavy (non-hydrogen) atoms. The molecular formula is C12H14FNO. The molecular weight excluding hydrogens is 193 g/mol. The zero-order chi connectivity index (χ0) is 11.1. The number of benzene rings is 1. The van der Waals surface area contributed by atoms with E-state index in [4.69, 9.17) is 5.73 Å².